The first-order valence-corrected chi connectivity index (χ1v) is 8.56. The van der Waals surface area contributed by atoms with E-state index in [4.69, 9.17) is 9.47 Å². The van der Waals surface area contributed by atoms with Crippen LogP contribution in [0.15, 0.2) is 11.1 Å². The number of allylic oxidation sites excluding steroid dienone is 1. The molecule has 4 nitrogen and oxygen atoms in total. The Labute approximate surface area is 133 Å². The number of hydrogen-bond donors (Lipinski definition) is 0. The van der Waals surface area contributed by atoms with E-state index in [2.05, 4.69) is 0 Å². The molecule has 0 N–H and O–H groups in total. The summed E-state index contributed by atoms with van der Waals surface area (Å²) >= 11 is 0. The summed E-state index contributed by atoms with van der Waals surface area (Å²) in [4.78, 5) is 25.1. The Bertz CT molecular complexity index is 414. The molecule has 4 heteroatoms. The lowest BCUT2D eigenvalue weighted by Crippen LogP contribution is -2.32. The maximum Gasteiger partial charge on any atom is 0.345 e. The highest BCUT2D eigenvalue weighted by molar-refractivity contribution is 6.15. The smallest absolute Gasteiger partial charge is 0.345 e. The molecule has 0 spiro atoms. The monoisotopic (exact) mass is 308 g/mol. The minimum Gasteiger partial charge on any atom is -0.459 e. The van der Waals surface area contributed by atoms with Crippen LogP contribution in [0.3, 0.4) is 0 Å². The van der Waals surface area contributed by atoms with Crippen molar-refractivity contribution in [1.29, 1.82) is 0 Å². The van der Waals surface area contributed by atoms with Gasteiger partial charge in [-0.05, 0) is 70.8 Å². The van der Waals surface area contributed by atoms with Crippen molar-refractivity contribution in [1.82, 2.24) is 0 Å². The highest BCUT2D eigenvalue weighted by Crippen LogP contribution is 2.45. The summed E-state index contributed by atoms with van der Waals surface area (Å²) in [5.74, 6) is -0.289. The number of rotatable bonds is 6. The first-order chi connectivity index (χ1) is 10.4. The van der Waals surface area contributed by atoms with Gasteiger partial charge < -0.3 is 9.47 Å². The lowest BCUT2D eigenvalue weighted by atomic mass is 9.67. The largest absolute Gasteiger partial charge is 0.459 e. The lowest BCUT2D eigenvalue weighted by molar-refractivity contribution is -0.151. The first kappa shape index (κ1) is 17.0. The molecule has 2 aliphatic rings. The van der Waals surface area contributed by atoms with E-state index in [1.807, 2.05) is 0 Å². The number of carbonyl (C=O) groups is 2. The molecule has 0 aromatic carbocycles. The molecular weight excluding hydrogens is 280 g/mol. The van der Waals surface area contributed by atoms with Crippen LogP contribution >= 0.6 is 0 Å². The molecule has 0 atom stereocenters. The third-order valence-corrected chi connectivity index (χ3v) is 4.47. The van der Waals surface area contributed by atoms with Crippen molar-refractivity contribution in [3.8, 4) is 0 Å². The van der Waals surface area contributed by atoms with Crippen molar-refractivity contribution < 1.29 is 19.1 Å². The molecule has 0 radical (unpaired) electrons. The summed E-state index contributed by atoms with van der Waals surface area (Å²) in [5, 5.41) is 0. The van der Waals surface area contributed by atoms with Gasteiger partial charge in [0, 0.05) is 0 Å². The normalized spacial score (nSPS) is 18.6. The minimum absolute atomic E-state index is 0.191. The van der Waals surface area contributed by atoms with Gasteiger partial charge in [-0.25, -0.2) is 9.59 Å². The van der Waals surface area contributed by atoms with Gasteiger partial charge in [0.15, 0.2) is 0 Å². The van der Waals surface area contributed by atoms with Crippen molar-refractivity contribution in [2.75, 3.05) is 0 Å². The predicted octanol–water partition coefficient (Wildman–Crippen LogP) is 3.79. The van der Waals surface area contributed by atoms with E-state index in [1.54, 1.807) is 27.7 Å². The molecule has 0 bridgehead atoms. The van der Waals surface area contributed by atoms with E-state index in [1.165, 1.54) is 12.8 Å². The van der Waals surface area contributed by atoms with Crippen LogP contribution in [0.25, 0.3) is 0 Å². The number of esters is 2. The Balaban J connectivity index is 2.35. The van der Waals surface area contributed by atoms with Crippen molar-refractivity contribution in [3.63, 3.8) is 0 Å². The molecule has 0 aromatic rings. The highest BCUT2D eigenvalue weighted by atomic mass is 16.6. The van der Waals surface area contributed by atoms with Crippen molar-refractivity contribution in [2.45, 2.75) is 78.4 Å². The molecule has 2 saturated carbocycles. The van der Waals surface area contributed by atoms with Crippen LogP contribution in [0.4, 0.5) is 0 Å². The molecule has 0 amide bonds. The topological polar surface area (TPSA) is 52.6 Å². The van der Waals surface area contributed by atoms with Crippen LogP contribution in [-0.2, 0) is 19.1 Å². The van der Waals surface area contributed by atoms with Gasteiger partial charge in [0.2, 0.25) is 0 Å². The second-order valence-corrected chi connectivity index (χ2v) is 6.99. The number of ether oxygens (including phenoxy) is 2. The van der Waals surface area contributed by atoms with E-state index < -0.39 is 11.9 Å². The molecule has 2 fully saturated rings. The Morgan fingerprint density at radius 1 is 0.773 bits per heavy atom. The molecule has 0 aliphatic heterocycles. The molecular formula is C18H28O4. The highest BCUT2D eigenvalue weighted by Gasteiger charge is 2.38. The van der Waals surface area contributed by atoms with Crippen LogP contribution in [0, 0.1) is 11.8 Å². The second kappa shape index (κ2) is 7.30. The van der Waals surface area contributed by atoms with Crippen LogP contribution in [-0.4, -0.2) is 24.1 Å². The summed E-state index contributed by atoms with van der Waals surface area (Å²) in [7, 11) is 0. The van der Waals surface area contributed by atoms with Gasteiger partial charge in [-0.1, -0.05) is 12.8 Å². The molecule has 2 rings (SSSR count). The van der Waals surface area contributed by atoms with Crippen LogP contribution < -0.4 is 0 Å². The average Bonchev–Trinajstić information content (AvgIpc) is 2.21. The fourth-order valence-electron chi connectivity index (χ4n) is 3.05. The Kier molecular flexibility index (Phi) is 5.65. The molecule has 0 saturated heterocycles. The fraction of sp³-hybridized carbons (Fsp3) is 0.778. The first-order valence-electron chi connectivity index (χ1n) is 8.56. The van der Waals surface area contributed by atoms with Gasteiger partial charge in [-0.3, -0.25) is 0 Å². The molecule has 0 aromatic heterocycles. The molecule has 124 valence electrons. The van der Waals surface area contributed by atoms with E-state index in [9.17, 15) is 9.59 Å². The van der Waals surface area contributed by atoms with E-state index in [0.717, 1.165) is 31.3 Å². The maximum atomic E-state index is 12.5. The zero-order chi connectivity index (χ0) is 16.3. The van der Waals surface area contributed by atoms with Crippen LogP contribution in [0.2, 0.25) is 0 Å². The summed E-state index contributed by atoms with van der Waals surface area (Å²) < 4.78 is 10.7. The number of carbonyl (C=O) groups excluding carboxylic acids is 2. The van der Waals surface area contributed by atoms with Gasteiger partial charge >= 0.3 is 11.9 Å². The fourth-order valence-corrected chi connectivity index (χ4v) is 3.05. The second-order valence-electron chi connectivity index (χ2n) is 6.99. The van der Waals surface area contributed by atoms with Crippen molar-refractivity contribution in [2.24, 2.45) is 11.8 Å². The average molecular weight is 308 g/mol. The van der Waals surface area contributed by atoms with E-state index in [0.29, 0.717) is 11.8 Å². The number of hydrogen-bond acceptors (Lipinski definition) is 4. The summed E-state index contributed by atoms with van der Waals surface area (Å²) in [6.45, 7) is 7.21. The van der Waals surface area contributed by atoms with Crippen molar-refractivity contribution in [3.05, 3.63) is 11.1 Å². The quantitative estimate of drug-likeness (QED) is 0.324. The third-order valence-electron chi connectivity index (χ3n) is 4.47. The third kappa shape index (κ3) is 3.90. The van der Waals surface area contributed by atoms with E-state index in [-0.39, 0.29) is 17.8 Å². The van der Waals surface area contributed by atoms with Crippen LogP contribution in [0.1, 0.15) is 66.2 Å². The van der Waals surface area contributed by atoms with Gasteiger partial charge in [-0.2, -0.15) is 0 Å². The standard InChI is InChI=1S/C18H28O4/c1-11(2)21-17(19)16(18(20)22-12(3)4)15(13-7-5-8-13)14-9-6-10-14/h11-14H,5-10H2,1-4H3. The van der Waals surface area contributed by atoms with E-state index >= 15 is 0 Å². The zero-order valence-corrected chi connectivity index (χ0v) is 14.2. The Hall–Kier alpha value is -1.32. The Morgan fingerprint density at radius 3 is 1.36 bits per heavy atom. The summed E-state index contributed by atoms with van der Waals surface area (Å²) in [5.41, 5.74) is 1.21. The molecule has 0 unspecified atom stereocenters. The van der Waals surface area contributed by atoms with Crippen LogP contribution in [0.5, 0.6) is 0 Å². The molecule has 22 heavy (non-hydrogen) atoms. The van der Waals surface area contributed by atoms with Gasteiger partial charge in [0.25, 0.3) is 0 Å². The SMILES string of the molecule is CC(C)OC(=O)C(C(=O)OC(C)C)=C(C1CCC1)C1CCC1. The predicted molar refractivity (Wildman–Crippen MR) is 84.2 cm³/mol. The summed E-state index contributed by atoms with van der Waals surface area (Å²) in [6.07, 6.45) is 6.15. The van der Waals surface area contributed by atoms with Gasteiger partial charge in [-0.15, -0.1) is 0 Å². The Morgan fingerprint density at radius 2 is 1.14 bits per heavy atom. The minimum atomic E-state index is -0.505. The molecule has 2 aliphatic carbocycles. The maximum absolute atomic E-state index is 12.5. The lowest BCUT2D eigenvalue weighted by Gasteiger charge is -2.38. The van der Waals surface area contributed by atoms with Gasteiger partial charge in [0.1, 0.15) is 5.57 Å². The van der Waals surface area contributed by atoms with Crippen molar-refractivity contribution >= 4 is 11.9 Å². The summed E-state index contributed by atoms with van der Waals surface area (Å²) in [6, 6.07) is 0. The zero-order valence-electron chi connectivity index (χ0n) is 14.2. The molecule has 0 heterocycles. The van der Waals surface area contributed by atoms with Gasteiger partial charge in [0.05, 0.1) is 12.2 Å².